The molecule has 3 aliphatic heterocycles. The van der Waals surface area contributed by atoms with Gasteiger partial charge in [-0.15, -0.1) is 0 Å². The Kier molecular flexibility index (Phi) is 30.9. The van der Waals surface area contributed by atoms with Gasteiger partial charge in [0.1, 0.15) is 48.7 Å². The first kappa shape index (κ1) is 69.3. The number of hydrogen-bond acceptors (Lipinski definition) is 22. The van der Waals surface area contributed by atoms with Crippen LogP contribution in [0.5, 0.6) is 0 Å². The summed E-state index contributed by atoms with van der Waals surface area (Å²) in [6, 6.07) is -3.70. The third-order valence-corrected chi connectivity index (χ3v) is 18.8. The van der Waals surface area contributed by atoms with Crippen LogP contribution in [0.25, 0.3) is 0 Å². The fraction of sp³-hybridized carbons (Fsp3) is 0.955. The van der Waals surface area contributed by atoms with Gasteiger partial charge in [-0.1, -0.05) is 129 Å². The van der Waals surface area contributed by atoms with E-state index in [-0.39, 0.29) is 19.4 Å². The molecule has 15 N–H and O–H groups in total. The molecule has 3 rings (SSSR count). The minimum atomic E-state index is -5.77. The van der Waals surface area contributed by atoms with Crippen molar-refractivity contribution in [2.75, 3.05) is 39.1 Å². The number of aliphatic hydroxyl groups is 6. The topological polar surface area (TPSA) is 446 Å². The van der Waals surface area contributed by atoms with Crippen LogP contribution in [-0.4, -0.2) is 179 Å². The molecule has 9 unspecified atom stereocenters. The Morgan fingerprint density at radius 3 is 1.72 bits per heavy atom. The highest BCUT2D eigenvalue weighted by Crippen LogP contribution is 2.66. The molecule has 3 aliphatic rings. The fourth-order valence-corrected chi connectivity index (χ4v) is 14.0. The minimum absolute atomic E-state index is 0.170. The zero-order valence-corrected chi connectivity index (χ0v) is 47.3. The Morgan fingerprint density at radius 1 is 0.684 bits per heavy atom. The molecule has 0 spiro atoms. The number of hydrogen-bond donors (Lipinski definition) is 13. The monoisotopic (exact) mass is 1180 g/mol. The van der Waals surface area contributed by atoms with Crippen LogP contribution in [0.15, 0.2) is 0 Å². The molecule has 2 amide bonds. The van der Waals surface area contributed by atoms with Gasteiger partial charge in [0, 0.05) is 13.1 Å². The van der Waals surface area contributed by atoms with Gasteiger partial charge in [0.25, 0.3) is 5.91 Å². The molecule has 0 aromatic heterocycles. The van der Waals surface area contributed by atoms with Gasteiger partial charge in [-0.2, -0.15) is 4.31 Å². The average Bonchev–Trinajstić information content (AvgIpc) is 3.98. The zero-order valence-electron chi connectivity index (χ0n) is 43.7. The summed E-state index contributed by atoms with van der Waals surface area (Å²) in [5.41, 5.74) is 10.6. The van der Waals surface area contributed by atoms with Crippen LogP contribution in [0.1, 0.15) is 155 Å². The number of nitrogens with one attached hydrogen (secondary N) is 1. The highest BCUT2D eigenvalue weighted by atomic mass is 31.3. The lowest BCUT2D eigenvalue weighted by atomic mass is 9.96. The summed E-state index contributed by atoms with van der Waals surface area (Å²) in [4.78, 5) is 69.3. The molecule has 0 bridgehead atoms. The second kappa shape index (κ2) is 33.9. The van der Waals surface area contributed by atoms with Crippen LogP contribution in [0.2, 0.25) is 0 Å². The van der Waals surface area contributed by atoms with E-state index in [1.807, 2.05) is 0 Å². The molecular formula is C44H88N4O24P4. The third kappa shape index (κ3) is 23.5. The Balaban J connectivity index is 1.86. The van der Waals surface area contributed by atoms with Crippen molar-refractivity contribution in [3.05, 3.63) is 0 Å². The lowest BCUT2D eigenvalue weighted by molar-refractivity contribution is -0.293. The van der Waals surface area contributed by atoms with Crippen LogP contribution in [-0.2, 0) is 64.3 Å². The van der Waals surface area contributed by atoms with Crippen LogP contribution < -0.4 is 16.8 Å². The van der Waals surface area contributed by atoms with Crippen molar-refractivity contribution >= 4 is 42.9 Å². The van der Waals surface area contributed by atoms with E-state index in [0.29, 0.717) is 17.7 Å². The number of fused-ring (bicyclic) bond motifs is 1. The molecule has 3 fully saturated rings. The maximum atomic E-state index is 13.8. The van der Waals surface area contributed by atoms with E-state index >= 15 is 0 Å². The van der Waals surface area contributed by atoms with E-state index < -0.39 is 161 Å². The third-order valence-electron chi connectivity index (χ3n) is 13.0. The number of nitrogens with zero attached hydrogens (tertiary/aromatic N) is 1. The van der Waals surface area contributed by atoms with Crippen LogP contribution in [0, 0.1) is 0 Å². The number of unbranched alkanes of at least 4 members (excludes halogenated alkanes) is 16. The van der Waals surface area contributed by atoms with Crippen molar-refractivity contribution in [2.45, 2.75) is 228 Å². The molecule has 76 heavy (non-hydrogen) atoms. The number of phosphoric ester groups is 3. The van der Waals surface area contributed by atoms with E-state index in [9.17, 15) is 78.1 Å². The van der Waals surface area contributed by atoms with Gasteiger partial charge in [-0.3, -0.25) is 28.1 Å². The molecule has 28 nitrogen and oxygen atoms in total. The van der Waals surface area contributed by atoms with E-state index in [0.717, 1.165) is 89.9 Å². The lowest BCUT2D eigenvalue weighted by Crippen LogP contribution is -2.65. The Bertz CT molecular complexity index is 1920. The number of rotatable bonds is 42. The first-order chi connectivity index (χ1) is 35.8. The second-order valence-corrected chi connectivity index (χ2v) is 26.1. The SMILES string of the molecule is CCCCCCCCCCC[C@@H](O)CC(=O)NC1C(O)[C@H](OP(=O)(O)OP(=O)(O)OCCN)[C@@H](CO)O[C@H]1OCC1O[C@@]2(OP(=O)(O)OP(=O)(O)CCN)C(C(O)[C@@H]1O)N2C(=O)C[C@H](O)CCCCCCCCCCC. The van der Waals surface area contributed by atoms with Gasteiger partial charge in [0.15, 0.2) is 6.29 Å². The summed E-state index contributed by atoms with van der Waals surface area (Å²) in [7, 11) is -21.8. The van der Waals surface area contributed by atoms with Gasteiger partial charge >= 0.3 is 31.1 Å². The van der Waals surface area contributed by atoms with Crippen molar-refractivity contribution in [3.8, 4) is 0 Å². The Hall–Kier alpha value is -0.940. The molecule has 3 heterocycles. The second-order valence-electron chi connectivity index (χ2n) is 19.6. The molecule has 0 aromatic rings. The summed E-state index contributed by atoms with van der Waals surface area (Å²) >= 11 is 0. The summed E-state index contributed by atoms with van der Waals surface area (Å²) < 4.78 is 92.4. The van der Waals surface area contributed by atoms with Crippen molar-refractivity contribution in [1.29, 1.82) is 0 Å². The highest BCUT2D eigenvalue weighted by Gasteiger charge is 2.78. The molecule has 3 saturated heterocycles. The zero-order chi connectivity index (χ0) is 56.7. The van der Waals surface area contributed by atoms with E-state index in [1.54, 1.807) is 0 Å². The van der Waals surface area contributed by atoms with E-state index in [1.165, 1.54) is 12.8 Å². The maximum Gasteiger partial charge on any atom is 0.483 e. The number of aliphatic hydroxyl groups excluding tert-OH is 6. The minimum Gasteiger partial charge on any atom is -0.394 e. The molecule has 16 atom stereocenters. The van der Waals surface area contributed by atoms with Gasteiger partial charge in [-0.05, 0) is 12.8 Å². The summed E-state index contributed by atoms with van der Waals surface area (Å²) in [6.07, 6.45) is -0.681. The maximum absolute atomic E-state index is 13.8. The lowest BCUT2D eigenvalue weighted by Gasteiger charge is -2.44. The standard InChI is InChI=1S/C44H88N4O24P4/c1-3-5-7-9-11-13-15-17-19-21-31(50)27-35(52)47-37-39(55)41(69-75(61,62)72-74(59,60)66-25-23-45)33(29-49)67-43(37)65-30-34-38(54)40(56)42-44(68-34,70-76(63,64)71-73(57,58)26-24-46)48(42)36(53)28-32(51)22-20-18-16-14-12-10-8-6-4-2/h31-34,37-43,49-51,54-56H,3-30,45-46H2,1-2H3,(H,47,52)(H,57,58)(H,59,60)(H,61,62)(H,63,64)/t31-,32-,33-,34?,37?,38-,39?,40?,41-,42?,43-,44-,48?/m1/s1. The number of phosphoric acid groups is 3. The number of carbonyl (C=O) groups excluding carboxylic acids is 2. The summed E-state index contributed by atoms with van der Waals surface area (Å²) in [5, 5.41) is 68.9. The number of carbonyl (C=O) groups is 2. The molecule has 0 aliphatic carbocycles. The number of ether oxygens (including phenoxy) is 3. The Morgan fingerprint density at radius 2 is 1.21 bits per heavy atom. The summed E-state index contributed by atoms with van der Waals surface area (Å²) in [5.74, 6) is -4.79. The van der Waals surface area contributed by atoms with Crippen molar-refractivity contribution < 1.29 is 114 Å². The van der Waals surface area contributed by atoms with Crippen LogP contribution >= 0.6 is 31.1 Å². The fourth-order valence-electron chi connectivity index (χ4n) is 9.11. The first-order valence-electron chi connectivity index (χ1n) is 26.6. The van der Waals surface area contributed by atoms with Crippen molar-refractivity contribution in [2.24, 2.45) is 11.5 Å². The normalized spacial score (nSPS) is 29.6. The predicted octanol–water partition coefficient (Wildman–Crippen LogP) is 2.75. The van der Waals surface area contributed by atoms with Gasteiger partial charge in [0.05, 0.1) is 51.0 Å². The summed E-state index contributed by atoms with van der Waals surface area (Å²) in [6.45, 7) is 0.720. The van der Waals surface area contributed by atoms with Gasteiger partial charge in [-0.25, -0.2) is 22.5 Å². The van der Waals surface area contributed by atoms with Crippen LogP contribution in [0.3, 0.4) is 0 Å². The van der Waals surface area contributed by atoms with E-state index in [2.05, 4.69) is 32.3 Å². The van der Waals surface area contributed by atoms with Crippen molar-refractivity contribution in [3.63, 3.8) is 0 Å². The quantitative estimate of drug-likeness (QED) is 0.0237. The molecule has 0 radical (unpaired) electrons. The van der Waals surface area contributed by atoms with Gasteiger partial charge < -0.3 is 81.2 Å². The highest BCUT2D eigenvalue weighted by molar-refractivity contribution is 7.64. The van der Waals surface area contributed by atoms with E-state index in [4.69, 9.17) is 34.7 Å². The molecule has 448 valence electrons. The average molecular weight is 1180 g/mol. The van der Waals surface area contributed by atoms with Gasteiger partial charge in [0.2, 0.25) is 11.8 Å². The predicted molar refractivity (Wildman–Crippen MR) is 271 cm³/mol. The largest absolute Gasteiger partial charge is 0.483 e. The molecule has 32 heteroatoms. The Labute approximate surface area is 445 Å². The number of amides is 2. The first-order valence-corrected chi connectivity index (χ1v) is 32.8. The molecule has 0 saturated carbocycles. The smallest absolute Gasteiger partial charge is 0.394 e. The molecule has 0 aromatic carbocycles. The molecular weight excluding hydrogens is 1090 g/mol. The number of nitrogens with two attached hydrogens (primary N) is 2. The van der Waals surface area contributed by atoms with Crippen LogP contribution in [0.4, 0.5) is 0 Å². The van der Waals surface area contributed by atoms with Crippen molar-refractivity contribution in [1.82, 2.24) is 10.2 Å².